The smallest absolute Gasteiger partial charge is 0.344 e. The van der Waals surface area contributed by atoms with Gasteiger partial charge >= 0.3 is 6.03 Å². The number of piperazine rings is 1. The number of carbonyl (C=O) groups is 2. The highest BCUT2D eigenvalue weighted by Crippen LogP contribution is 2.35. The number of aromatic nitrogens is 2. The molecule has 33 heavy (non-hydrogen) atoms. The number of Topliss-reactive ketones (excluding diaryl/α,β-unsaturated/α-hetero) is 1. The zero-order valence-electron chi connectivity index (χ0n) is 19.7. The Morgan fingerprint density at radius 3 is 2.52 bits per heavy atom. The molecule has 5 rings (SSSR count). The summed E-state index contributed by atoms with van der Waals surface area (Å²) in [5, 5.41) is 4.14. The van der Waals surface area contributed by atoms with Gasteiger partial charge < -0.3 is 14.5 Å². The standard InChI is InChI=1S/C25H33N5O3/c1-17-4-5-20(24(10-17)28-13-21-15-33-16-22(21)14-28)12-27-8-9-29(18(2)11-27)25(32)30-7-6-23(26-30)19(3)31/h4-7,10,18,21-22H,8-9,11-16H2,1-3H3/t18-,21?,22?/m0/s1. The number of nitrogens with zero attached hydrogens (tertiary/aromatic N) is 5. The fourth-order valence-corrected chi connectivity index (χ4v) is 5.44. The van der Waals surface area contributed by atoms with E-state index < -0.39 is 0 Å². The summed E-state index contributed by atoms with van der Waals surface area (Å²) in [7, 11) is 0. The Kier molecular flexibility index (Phi) is 5.97. The molecule has 3 aliphatic rings. The molecule has 1 aromatic heterocycles. The van der Waals surface area contributed by atoms with E-state index in [1.54, 1.807) is 12.3 Å². The van der Waals surface area contributed by atoms with Gasteiger partial charge in [-0.2, -0.15) is 9.78 Å². The lowest BCUT2D eigenvalue weighted by Gasteiger charge is -2.40. The van der Waals surface area contributed by atoms with Gasteiger partial charge in [-0.15, -0.1) is 0 Å². The molecule has 3 atom stereocenters. The molecule has 0 N–H and O–H groups in total. The number of aryl methyl sites for hydroxylation is 1. The van der Waals surface area contributed by atoms with E-state index in [0.717, 1.165) is 45.9 Å². The largest absolute Gasteiger partial charge is 0.381 e. The van der Waals surface area contributed by atoms with Crippen LogP contribution in [0.3, 0.4) is 0 Å². The van der Waals surface area contributed by atoms with Crippen molar-refractivity contribution in [2.75, 3.05) is 50.8 Å². The normalized spacial score (nSPS) is 25.5. The Morgan fingerprint density at radius 1 is 1.09 bits per heavy atom. The van der Waals surface area contributed by atoms with Crippen molar-refractivity contribution in [2.24, 2.45) is 11.8 Å². The Labute approximate surface area is 195 Å². The van der Waals surface area contributed by atoms with Gasteiger partial charge in [-0.25, -0.2) is 4.79 Å². The van der Waals surface area contributed by atoms with Crippen LogP contribution < -0.4 is 4.90 Å². The number of hydrogen-bond donors (Lipinski definition) is 0. The molecule has 0 radical (unpaired) electrons. The van der Waals surface area contributed by atoms with Gasteiger partial charge in [-0.1, -0.05) is 12.1 Å². The summed E-state index contributed by atoms with van der Waals surface area (Å²) in [5.74, 6) is 1.17. The molecule has 0 bridgehead atoms. The summed E-state index contributed by atoms with van der Waals surface area (Å²) in [6, 6.07) is 8.28. The Hall–Kier alpha value is -2.71. The van der Waals surface area contributed by atoms with Crippen LogP contribution in [-0.4, -0.2) is 83.4 Å². The van der Waals surface area contributed by atoms with E-state index in [1.807, 2.05) is 4.90 Å². The van der Waals surface area contributed by atoms with Crippen molar-refractivity contribution in [1.82, 2.24) is 19.6 Å². The van der Waals surface area contributed by atoms with Gasteiger partial charge in [0, 0.05) is 76.0 Å². The van der Waals surface area contributed by atoms with Crippen molar-refractivity contribution < 1.29 is 14.3 Å². The minimum absolute atomic E-state index is 0.0634. The van der Waals surface area contributed by atoms with Crippen molar-refractivity contribution in [3.8, 4) is 0 Å². The Balaban J connectivity index is 1.25. The molecular formula is C25H33N5O3. The minimum Gasteiger partial charge on any atom is -0.381 e. The number of benzene rings is 1. The highest BCUT2D eigenvalue weighted by atomic mass is 16.5. The van der Waals surface area contributed by atoms with Gasteiger partial charge in [0.1, 0.15) is 5.69 Å². The predicted molar refractivity (Wildman–Crippen MR) is 126 cm³/mol. The molecule has 2 aromatic rings. The number of ether oxygens (including phenoxy) is 1. The van der Waals surface area contributed by atoms with Gasteiger partial charge in [0.25, 0.3) is 0 Å². The lowest BCUT2D eigenvalue weighted by atomic mass is 10.0. The molecule has 0 spiro atoms. The van der Waals surface area contributed by atoms with Gasteiger partial charge in [0.2, 0.25) is 0 Å². The van der Waals surface area contributed by atoms with E-state index in [0.29, 0.717) is 24.1 Å². The van der Waals surface area contributed by atoms with E-state index in [2.05, 4.69) is 46.9 Å². The summed E-state index contributed by atoms with van der Waals surface area (Å²) in [6.45, 7) is 12.8. The van der Waals surface area contributed by atoms with Crippen LogP contribution in [0.1, 0.15) is 35.5 Å². The second-order valence-electron chi connectivity index (χ2n) is 9.86. The summed E-state index contributed by atoms with van der Waals surface area (Å²) in [6.07, 6.45) is 1.58. The molecule has 4 heterocycles. The molecule has 0 saturated carbocycles. The average Bonchev–Trinajstić information content (AvgIpc) is 3.51. The molecular weight excluding hydrogens is 418 g/mol. The molecule has 8 heteroatoms. The van der Waals surface area contributed by atoms with Crippen LogP contribution in [0.4, 0.5) is 10.5 Å². The van der Waals surface area contributed by atoms with Gasteiger partial charge in [0.05, 0.1) is 13.2 Å². The van der Waals surface area contributed by atoms with Crippen LogP contribution in [0.25, 0.3) is 0 Å². The molecule has 1 amide bonds. The van der Waals surface area contributed by atoms with Crippen molar-refractivity contribution >= 4 is 17.5 Å². The molecule has 0 aliphatic carbocycles. The van der Waals surface area contributed by atoms with Crippen LogP contribution in [-0.2, 0) is 11.3 Å². The first-order valence-electron chi connectivity index (χ1n) is 11.9. The third-order valence-electron chi connectivity index (χ3n) is 7.32. The SMILES string of the molecule is CC(=O)c1ccn(C(=O)N2CCN(Cc3ccc(C)cc3N3CC4COCC4C3)C[C@@H]2C)n1. The second kappa shape index (κ2) is 8.91. The molecule has 1 aromatic carbocycles. The highest BCUT2D eigenvalue weighted by Gasteiger charge is 2.38. The number of amides is 1. The van der Waals surface area contributed by atoms with Crippen molar-refractivity contribution in [1.29, 1.82) is 0 Å². The van der Waals surface area contributed by atoms with Gasteiger partial charge in [-0.05, 0) is 37.1 Å². The van der Waals surface area contributed by atoms with E-state index in [9.17, 15) is 9.59 Å². The van der Waals surface area contributed by atoms with Crippen LogP contribution in [0.15, 0.2) is 30.5 Å². The first-order valence-corrected chi connectivity index (χ1v) is 11.9. The van der Waals surface area contributed by atoms with E-state index in [-0.39, 0.29) is 17.9 Å². The number of hydrogen-bond acceptors (Lipinski definition) is 6. The molecule has 3 fully saturated rings. The monoisotopic (exact) mass is 451 g/mol. The zero-order valence-corrected chi connectivity index (χ0v) is 19.7. The van der Waals surface area contributed by atoms with E-state index in [4.69, 9.17) is 4.74 Å². The molecule has 8 nitrogen and oxygen atoms in total. The summed E-state index contributed by atoms with van der Waals surface area (Å²) in [4.78, 5) is 31.3. The number of anilines is 1. The van der Waals surface area contributed by atoms with Crippen LogP contribution in [0.2, 0.25) is 0 Å². The highest BCUT2D eigenvalue weighted by molar-refractivity contribution is 5.92. The maximum atomic E-state index is 13.0. The van der Waals surface area contributed by atoms with Gasteiger partial charge in [0.15, 0.2) is 5.78 Å². The number of rotatable bonds is 4. The third-order valence-corrected chi connectivity index (χ3v) is 7.32. The fourth-order valence-electron chi connectivity index (χ4n) is 5.44. The van der Waals surface area contributed by atoms with E-state index in [1.165, 1.54) is 28.4 Å². The summed E-state index contributed by atoms with van der Waals surface area (Å²) < 4.78 is 6.95. The summed E-state index contributed by atoms with van der Waals surface area (Å²) in [5.41, 5.74) is 4.31. The van der Waals surface area contributed by atoms with Crippen LogP contribution in [0.5, 0.6) is 0 Å². The van der Waals surface area contributed by atoms with Crippen LogP contribution >= 0.6 is 0 Å². The average molecular weight is 452 g/mol. The maximum absolute atomic E-state index is 13.0. The minimum atomic E-state index is -0.170. The third kappa shape index (κ3) is 4.42. The zero-order chi connectivity index (χ0) is 23.1. The second-order valence-corrected chi connectivity index (χ2v) is 9.86. The molecule has 3 saturated heterocycles. The van der Waals surface area contributed by atoms with Crippen LogP contribution in [0, 0.1) is 18.8 Å². The Bertz CT molecular complexity index is 1040. The first-order chi connectivity index (χ1) is 15.9. The summed E-state index contributed by atoms with van der Waals surface area (Å²) >= 11 is 0. The Morgan fingerprint density at radius 2 is 1.85 bits per heavy atom. The predicted octanol–water partition coefficient (Wildman–Crippen LogP) is 2.65. The lowest BCUT2D eigenvalue weighted by Crippen LogP contribution is -2.54. The van der Waals surface area contributed by atoms with Gasteiger partial charge in [-0.3, -0.25) is 9.69 Å². The maximum Gasteiger partial charge on any atom is 0.344 e. The lowest BCUT2D eigenvalue weighted by molar-refractivity contribution is 0.0965. The topological polar surface area (TPSA) is 70.9 Å². The van der Waals surface area contributed by atoms with Crippen molar-refractivity contribution in [2.45, 2.75) is 33.4 Å². The number of ketones is 1. The first kappa shape index (κ1) is 22.1. The molecule has 3 aliphatic heterocycles. The number of carbonyl (C=O) groups excluding carboxylic acids is 2. The number of fused-ring (bicyclic) bond motifs is 1. The van der Waals surface area contributed by atoms with Crippen molar-refractivity contribution in [3.05, 3.63) is 47.3 Å². The van der Waals surface area contributed by atoms with Crippen molar-refractivity contribution in [3.63, 3.8) is 0 Å². The quantitative estimate of drug-likeness (QED) is 0.666. The van der Waals surface area contributed by atoms with E-state index >= 15 is 0 Å². The molecule has 176 valence electrons. The molecule has 2 unspecified atom stereocenters. The fraction of sp³-hybridized carbons (Fsp3) is 0.560.